The lowest BCUT2D eigenvalue weighted by Gasteiger charge is -2.37. The van der Waals surface area contributed by atoms with Gasteiger partial charge in [-0.25, -0.2) is 4.39 Å². The van der Waals surface area contributed by atoms with Gasteiger partial charge in [-0.1, -0.05) is 13.8 Å². The van der Waals surface area contributed by atoms with E-state index in [-0.39, 0.29) is 23.6 Å². The van der Waals surface area contributed by atoms with Crippen LogP contribution in [0.25, 0.3) is 0 Å². The van der Waals surface area contributed by atoms with E-state index in [9.17, 15) is 18.8 Å². The van der Waals surface area contributed by atoms with Crippen molar-refractivity contribution in [2.24, 2.45) is 11.8 Å². The van der Waals surface area contributed by atoms with Crippen LogP contribution in [0.5, 0.6) is 0 Å². The molecule has 1 aromatic rings. The Labute approximate surface area is 177 Å². The van der Waals surface area contributed by atoms with Gasteiger partial charge in [0.1, 0.15) is 11.9 Å². The molecule has 3 rings (SSSR count). The fraction of sp³-hybridized carbons (Fsp3) is 0.609. The van der Waals surface area contributed by atoms with E-state index in [2.05, 4.69) is 5.32 Å². The normalized spacial score (nSPS) is 18.5. The summed E-state index contributed by atoms with van der Waals surface area (Å²) in [5.74, 6) is -0.378. The summed E-state index contributed by atoms with van der Waals surface area (Å²) in [5.41, 5.74) is 0.333. The molecule has 7 heteroatoms. The lowest BCUT2D eigenvalue weighted by atomic mass is 9.88. The molecular weight excluding hydrogens is 385 g/mol. The molecule has 1 unspecified atom stereocenters. The number of rotatable bonds is 6. The average Bonchev–Trinajstić information content (AvgIpc) is 3.26. The number of nitrogens with zero attached hydrogens (tertiary/aromatic N) is 2. The molecule has 2 aliphatic rings. The Morgan fingerprint density at radius 3 is 2.17 bits per heavy atom. The largest absolute Gasteiger partial charge is 0.343 e. The summed E-state index contributed by atoms with van der Waals surface area (Å²) in [6, 6.07) is 4.71. The van der Waals surface area contributed by atoms with Crippen molar-refractivity contribution in [3.05, 3.63) is 35.6 Å². The number of halogens is 1. The Hall–Kier alpha value is -2.44. The predicted molar refractivity (Wildman–Crippen MR) is 112 cm³/mol. The lowest BCUT2D eigenvalue weighted by Crippen LogP contribution is -2.54. The maximum absolute atomic E-state index is 13.2. The van der Waals surface area contributed by atoms with Crippen LogP contribution in [0, 0.1) is 17.7 Å². The standard InChI is InChI=1S/C23H32FN3O3/c1-16(2)15-20(28)26-13-9-17(10-14-26)21(23(30)27-11-3-4-12-27)25-22(29)18-5-7-19(24)8-6-18/h5-8,16-17,21H,3-4,9-15H2,1-2H3,(H,25,29). The van der Waals surface area contributed by atoms with Gasteiger partial charge in [-0.2, -0.15) is 0 Å². The van der Waals surface area contributed by atoms with Crippen LogP contribution in [0.2, 0.25) is 0 Å². The number of hydrogen-bond acceptors (Lipinski definition) is 3. The molecule has 3 amide bonds. The third-order valence-electron chi connectivity index (χ3n) is 6.02. The van der Waals surface area contributed by atoms with Crippen molar-refractivity contribution in [2.45, 2.75) is 52.0 Å². The molecule has 0 saturated carbocycles. The smallest absolute Gasteiger partial charge is 0.251 e. The van der Waals surface area contributed by atoms with Gasteiger partial charge >= 0.3 is 0 Å². The second-order valence-corrected chi connectivity index (χ2v) is 8.81. The fourth-order valence-electron chi connectivity index (χ4n) is 4.30. The average molecular weight is 418 g/mol. The summed E-state index contributed by atoms with van der Waals surface area (Å²) >= 11 is 0. The maximum Gasteiger partial charge on any atom is 0.251 e. The van der Waals surface area contributed by atoms with Crippen LogP contribution in [0.15, 0.2) is 24.3 Å². The number of nitrogens with one attached hydrogen (secondary N) is 1. The fourth-order valence-corrected chi connectivity index (χ4v) is 4.30. The Morgan fingerprint density at radius 2 is 1.60 bits per heavy atom. The van der Waals surface area contributed by atoms with Gasteiger partial charge in [0.25, 0.3) is 5.91 Å². The predicted octanol–water partition coefficient (Wildman–Crippen LogP) is 2.83. The molecule has 0 aliphatic carbocycles. The van der Waals surface area contributed by atoms with Gasteiger partial charge in [0.2, 0.25) is 11.8 Å². The highest BCUT2D eigenvalue weighted by molar-refractivity contribution is 5.97. The second-order valence-electron chi connectivity index (χ2n) is 8.81. The van der Waals surface area contributed by atoms with Gasteiger partial charge in [0.05, 0.1) is 0 Å². The van der Waals surface area contributed by atoms with Crippen molar-refractivity contribution < 1.29 is 18.8 Å². The third-order valence-corrected chi connectivity index (χ3v) is 6.02. The molecule has 0 spiro atoms. The Morgan fingerprint density at radius 1 is 1.00 bits per heavy atom. The van der Waals surface area contributed by atoms with E-state index < -0.39 is 11.9 Å². The van der Waals surface area contributed by atoms with Gasteiger partial charge in [-0.15, -0.1) is 0 Å². The van der Waals surface area contributed by atoms with Crippen molar-refractivity contribution >= 4 is 17.7 Å². The molecule has 2 aliphatic heterocycles. The zero-order valence-electron chi connectivity index (χ0n) is 17.9. The van der Waals surface area contributed by atoms with Crippen LogP contribution in [-0.2, 0) is 9.59 Å². The molecule has 6 nitrogen and oxygen atoms in total. The summed E-state index contributed by atoms with van der Waals surface area (Å²) in [5, 5.41) is 2.92. The third kappa shape index (κ3) is 5.58. The van der Waals surface area contributed by atoms with E-state index in [0.717, 1.165) is 12.8 Å². The van der Waals surface area contributed by atoms with Crippen molar-refractivity contribution in [2.75, 3.05) is 26.2 Å². The Kier molecular flexibility index (Phi) is 7.45. The van der Waals surface area contributed by atoms with Crippen LogP contribution in [0.3, 0.4) is 0 Å². The van der Waals surface area contributed by atoms with Crippen molar-refractivity contribution in [3.8, 4) is 0 Å². The number of likely N-dealkylation sites (tertiary alicyclic amines) is 2. The molecule has 1 aromatic carbocycles. The van der Waals surface area contributed by atoms with Gasteiger partial charge in [0, 0.05) is 38.2 Å². The van der Waals surface area contributed by atoms with Crippen LogP contribution in [0.4, 0.5) is 4.39 Å². The number of benzene rings is 1. The zero-order chi connectivity index (χ0) is 21.7. The van der Waals surface area contributed by atoms with Crippen LogP contribution >= 0.6 is 0 Å². The van der Waals surface area contributed by atoms with E-state index in [0.29, 0.717) is 56.9 Å². The van der Waals surface area contributed by atoms with Crippen LogP contribution in [0.1, 0.15) is 56.3 Å². The van der Waals surface area contributed by atoms with Crippen LogP contribution < -0.4 is 5.32 Å². The highest BCUT2D eigenvalue weighted by Crippen LogP contribution is 2.25. The van der Waals surface area contributed by atoms with Crippen molar-refractivity contribution in [1.82, 2.24) is 15.1 Å². The summed E-state index contributed by atoms with van der Waals surface area (Å²) < 4.78 is 13.2. The number of piperidine rings is 1. The molecule has 2 heterocycles. The second kappa shape index (κ2) is 10.0. The first-order chi connectivity index (χ1) is 14.3. The SMILES string of the molecule is CC(C)CC(=O)N1CCC(C(NC(=O)c2ccc(F)cc2)C(=O)N2CCCC2)CC1. The van der Waals surface area contributed by atoms with Crippen LogP contribution in [-0.4, -0.2) is 59.7 Å². The molecule has 2 saturated heterocycles. The summed E-state index contributed by atoms with van der Waals surface area (Å²) in [4.78, 5) is 42.0. The Balaban J connectivity index is 1.68. The monoisotopic (exact) mass is 417 g/mol. The minimum absolute atomic E-state index is 0.0226. The Bertz CT molecular complexity index is 751. The minimum Gasteiger partial charge on any atom is -0.343 e. The molecule has 0 bridgehead atoms. The summed E-state index contributed by atoms with van der Waals surface area (Å²) in [6.45, 7) is 6.69. The van der Waals surface area contributed by atoms with Crippen molar-refractivity contribution in [1.29, 1.82) is 0 Å². The molecule has 1 atom stereocenters. The highest BCUT2D eigenvalue weighted by atomic mass is 19.1. The topological polar surface area (TPSA) is 69.7 Å². The number of hydrogen-bond donors (Lipinski definition) is 1. The lowest BCUT2D eigenvalue weighted by molar-refractivity contribution is -0.135. The first kappa shape index (κ1) is 22.2. The quantitative estimate of drug-likeness (QED) is 0.774. The van der Waals surface area contributed by atoms with E-state index in [1.54, 1.807) is 0 Å². The molecule has 2 fully saturated rings. The highest BCUT2D eigenvalue weighted by Gasteiger charge is 2.36. The van der Waals surface area contributed by atoms with E-state index >= 15 is 0 Å². The zero-order valence-corrected chi connectivity index (χ0v) is 17.9. The molecule has 164 valence electrons. The maximum atomic E-state index is 13.2. The van der Waals surface area contributed by atoms with Gasteiger partial charge < -0.3 is 15.1 Å². The first-order valence-electron chi connectivity index (χ1n) is 11.0. The molecule has 1 N–H and O–H groups in total. The summed E-state index contributed by atoms with van der Waals surface area (Å²) in [7, 11) is 0. The number of carbonyl (C=O) groups is 3. The summed E-state index contributed by atoms with van der Waals surface area (Å²) in [6.07, 6.45) is 3.84. The van der Waals surface area contributed by atoms with E-state index in [1.165, 1.54) is 24.3 Å². The van der Waals surface area contributed by atoms with Gasteiger partial charge in [0.15, 0.2) is 0 Å². The first-order valence-corrected chi connectivity index (χ1v) is 11.0. The molecule has 30 heavy (non-hydrogen) atoms. The van der Waals surface area contributed by atoms with Gasteiger partial charge in [-0.05, 0) is 61.8 Å². The molecular formula is C23H32FN3O3. The van der Waals surface area contributed by atoms with Gasteiger partial charge in [-0.3, -0.25) is 14.4 Å². The molecule has 0 radical (unpaired) electrons. The van der Waals surface area contributed by atoms with Crippen molar-refractivity contribution in [3.63, 3.8) is 0 Å². The number of carbonyl (C=O) groups excluding carboxylic acids is 3. The number of amides is 3. The molecule has 0 aromatic heterocycles. The van der Waals surface area contributed by atoms with E-state index in [1.807, 2.05) is 23.6 Å². The van der Waals surface area contributed by atoms with E-state index in [4.69, 9.17) is 0 Å². The minimum atomic E-state index is -0.622.